The van der Waals surface area contributed by atoms with Gasteiger partial charge in [0.1, 0.15) is 5.75 Å². The molecule has 0 spiro atoms. The van der Waals surface area contributed by atoms with Crippen molar-refractivity contribution in [1.82, 2.24) is 9.80 Å². The fourth-order valence-corrected chi connectivity index (χ4v) is 2.48. The zero-order chi connectivity index (χ0) is 15.7. The minimum Gasteiger partial charge on any atom is -0.508 e. The number of ether oxygens (including phenoxy) is 1. The molecule has 6 nitrogen and oxygen atoms in total. The van der Waals surface area contributed by atoms with Crippen LogP contribution in [0, 0.1) is 0 Å². The van der Waals surface area contributed by atoms with Crippen molar-refractivity contribution in [2.45, 2.75) is 13.0 Å². The van der Waals surface area contributed by atoms with E-state index in [2.05, 4.69) is 0 Å². The minimum atomic E-state index is -0.540. The molecule has 1 N–H and O–H groups in total. The van der Waals surface area contributed by atoms with Gasteiger partial charge in [0.25, 0.3) is 0 Å². The fraction of sp³-hybridized carbons (Fsp3) is 0.333. The highest BCUT2D eigenvalue weighted by Crippen LogP contribution is 2.36. The van der Waals surface area contributed by atoms with Crippen LogP contribution in [0.25, 0.3) is 0 Å². The number of hydrogen-bond donors (Lipinski definition) is 1. The van der Waals surface area contributed by atoms with Gasteiger partial charge in [-0.05, 0) is 24.6 Å². The van der Waals surface area contributed by atoms with Gasteiger partial charge in [-0.25, -0.2) is 9.59 Å². The Hall–Kier alpha value is -2.50. The van der Waals surface area contributed by atoms with E-state index in [-0.39, 0.29) is 11.8 Å². The highest BCUT2D eigenvalue weighted by atomic mass is 16.5. The number of amides is 2. The van der Waals surface area contributed by atoms with Crippen LogP contribution in [0.3, 0.4) is 0 Å². The van der Waals surface area contributed by atoms with Gasteiger partial charge in [0, 0.05) is 19.8 Å². The molecule has 0 aliphatic carbocycles. The molecule has 6 heteroatoms. The number of phenolic OH excluding ortho intramolecular Hbond substituents is 1. The van der Waals surface area contributed by atoms with E-state index in [9.17, 15) is 14.7 Å². The lowest BCUT2D eigenvalue weighted by Crippen LogP contribution is -2.47. The summed E-state index contributed by atoms with van der Waals surface area (Å²) in [6.07, 6.45) is 0. The van der Waals surface area contributed by atoms with Crippen LogP contribution >= 0.6 is 0 Å². The maximum atomic E-state index is 12.3. The van der Waals surface area contributed by atoms with Crippen LogP contribution in [0.15, 0.2) is 35.5 Å². The monoisotopic (exact) mass is 290 g/mol. The molecule has 0 bridgehead atoms. The van der Waals surface area contributed by atoms with Crippen molar-refractivity contribution in [2.75, 3.05) is 21.2 Å². The van der Waals surface area contributed by atoms with Crippen molar-refractivity contribution in [3.8, 4) is 5.75 Å². The summed E-state index contributed by atoms with van der Waals surface area (Å²) < 4.78 is 4.86. The first-order chi connectivity index (χ1) is 9.88. The van der Waals surface area contributed by atoms with Crippen LogP contribution in [0.1, 0.15) is 18.5 Å². The molecule has 0 saturated heterocycles. The molecule has 1 aromatic rings. The van der Waals surface area contributed by atoms with Crippen molar-refractivity contribution in [2.24, 2.45) is 0 Å². The SMILES string of the molecule is COC(=O)C1=C(C)N(C)C(=O)N(C)C1c1ccc(O)cc1. The standard InChI is InChI=1S/C15H18N2O4/c1-9-12(14(19)21-4)13(17(3)15(20)16(9)2)10-5-7-11(18)8-6-10/h5-8,13,18H,1-4H3. The third-order valence-corrected chi connectivity index (χ3v) is 3.76. The summed E-state index contributed by atoms with van der Waals surface area (Å²) in [5, 5.41) is 9.40. The van der Waals surface area contributed by atoms with Crippen LogP contribution in [0.4, 0.5) is 4.79 Å². The number of allylic oxidation sites excluding steroid dienone is 1. The highest BCUT2D eigenvalue weighted by molar-refractivity contribution is 5.94. The van der Waals surface area contributed by atoms with Crippen LogP contribution in [0.2, 0.25) is 0 Å². The maximum absolute atomic E-state index is 12.3. The quantitative estimate of drug-likeness (QED) is 0.844. The Morgan fingerprint density at radius 2 is 1.81 bits per heavy atom. The van der Waals surface area contributed by atoms with Gasteiger partial charge < -0.3 is 19.6 Å². The zero-order valence-corrected chi connectivity index (χ0v) is 12.5. The summed E-state index contributed by atoms with van der Waals surface area (Å²) in [6.45, 7) is 1.71. The summed E-state index contributed by atoms with van der Waals surface area (Å²) in [4.78, 5) is 27.3. The van der Waals surface area contributed by atoms with Crippen LogP contribution in [-0.4, -0.2) is 48.1 Å². The van der Waals surface area contributed by atoms with E-state index in [4.69, 9.17) is 4.74 Å². The molecule has 1 atom stereocenters. The number of esters is 1. The number of likely N-dealkylation sites (N-methyl/N-ethyl adjacent to an activating group) is 1. The molecule has 0 saturated carbocycles. The third kappa shape index (κ3) is 2.44. The number of urea groups is 1. The van der Waals surface area contributed by atoms with Gasteiger partial charge in [0.2, 0.25) is 0 Å². The molecule has 112 valence electrons. The second kappa shape index (κ2) is 5.47. The molecular formula is C15H18N2O4. The van der Waals surface area contributed by atoms with Crippen molar-refractivity contribution < 1.29 is 19.4 Å². The second-order valence-electron chi connectivity index (χ2n) is 4.94. The number of carbonyl (C=O) groups is 2. The average molecular weight is 290 g/mol. The molecule has 2 rings (SSSR count). The van der Waals surface area contributed by atoms with Gasteiger partial charge in [0.05, 0.1) is 18.7 Å². The number of carbonyl (C=O) groups excluding carboxylic acids is 2. The van der Waals surface area contributed by atoms with Crippen molar-refractivity contribution in [1.29, 1.82) is 0 Å². The Morgan fingerprint density at radius 3 is 2.33 bits per heavy atom. The number of aromatic hydroxyl groups is 1. The predicted molar refractivity (Wildman–Crippen MR) is 76.5 cm³/mol. The Morgan fingerprint density at radius 1 is 1.24 bits per heavy atom. The lowest BCUT2D eigenvalue weighted by atomic mass is 9.93. The van der Waals surface area contributed by atoms with Crippen LogP contribution < -0.4 is 0 Å². The molecule has 0 aromatic heterocycles. The Balaban J connectivity index is 2.60. The zero-order valence-electron chi connectivity index (χ0n) is 12.5. The second-order valence-corrected chi connectivity index (χ2v) is 4.94. The Labute approximate surface area is 123 Å². The molecule has 1 heterocycles. The largest absolute Gasteiger partial charge is 0.508 e. The molecule has 0 radical (unpaired) electrons. The Kier molecular flexibility index (Phi) is 3.88. The third-order valence-electron chi connectivity index (χ3n) is 3.76. The molecule has 1 unspecified atom stereocenters. The first-order valence-corrected chi connectivity index (χ1v) is 6.47. The molecular weight excluding hydrogens is 272 g/mol. The van der Waals surface area contributed by atoms with Crippen molar-refractivity contribution in [3.05, 3.63) is 41.1 Å². The molecule has 1 aromatic carbocycles. The summed E-state index contributed by atoms with van der Waals surface area (Å²) in [5.41, 5.74) is 1.70. The lowest BCUT2D eigenvalue weighted by Gasteiger charge is -2.39. The van der Waals surface area contributed by atoms with Crippen LogP contribution in [-0.2, 0) is 9.53 Å². The number of methoxy groups -OCH3 is 1. The Bertz CT molecular complexity index is 607. The molecule has 0 fully saturated rings. The number of rotatable bonds is 2. The maximum Gasteiger partial charge on any atom is 0.337 e. The summed E-state index contributed by atoms with van der Waals surface area (Å²) in [5.74, 6) is -0.349. The minimum absolute atomic E-state index is 0.126. The fourth-order valence-electron chi connectivity index (χ4n) is 2.48. The molecule has 21 heavy (non-hydrogen) atoms. The highest BCUT2D eigenvalue weighted by Gasteiger charge is 2.38. The first kappa shape index (κ1) is 14.9. The van der Waals surface area contributed by atoms with E-state index in [1.54, 1.807) is 33.2 Å². The van der Waals surface area contributed by atoms with Gasteiger partial charge in [-0.15, -0.1) is 0 Å². The summed E-state index contributed by atoms with van der Waals surface area (Å²) in [6, 6.07) is 5.67. The number of phenols is 1. The lowest BCUT2D eigenvalue weighted by molar-refractivity contribution is -0.137. The van der Waals surface area contributed by atoms with E-state index in [1.807, 2.05) is 0 Å². The predicted octanol–water partition coefficient (Wildman–Crippen LogP) is 1.88. The van der Waals surface area contributed by atoms with Gasteiger partial charge in [-0.1, -0.05) is 12.1 Å². The number of hydrogen-bond acceptors (Lipinski definition) is 4. The molecule has 2 amide bonds. The molecule has 1 aliphatic heterocycles. The van der Waals surface area contributed by atoms with E-state index in [0.717, 1.165) is 5.56 Å². The van der Waals surface area contributed by atoms with E-state index >= 15 is 0 Å². The summed E-state index contributed by atoms with van der Waals surface area (Å²) in [7, 11) is 4.56. The topological polar surface area (TPSA) is 70.1 Å². The van der Waals surface area contributed by atoms with Gasteiger partial charge in [-0.3, -0.25) is 0 Å². The normalized spacial score (nSPS) is 19.0. The average Bonchev–Trinajstić information content (AvgIpc) is 2.49. The smallest absolute Gasteiger partial charge is 0.337 e. The number of nitrogens with zero attached hydrogens (tertiary/aromatic N) is 2. The van der Waals surface area contributed by atoms with E-state index in [1.165, 1.54) is 29.0 Å². The molecule has 1 aliphatic rings. The summed E-state index contributed by atoms with van der Waals surface area (Å²) >= 11 is 0. The number of benzene rings is 1. The van der Waals surface area contributed by atoms with E-state index < -0.39 is 12.0 Å². The van der Waals surface area contributed by atoms with Gasteiger partial charge in [-0.2, -0.15) is 0 Å². The van der Waals surface area contributed by atoms with Gasteiger partial charge in [0.15, 0.2) is 0 Å². The van der Waals surface area contributed by atoms with Crippen molar-refractivity contribution >= 4 is 12.0 Å². The van der Waals surface area contributed by atoms with Crippen LogP contribution in [0.5, 0.6) is 5.75 Å². The van der Waals surface area contributed by atoms with E-state index in [0.29, 0.717) is 11.3 Å². The first-order valence-electron chi connectivity index (χ1n) is 6.47. The van der Waals surface area contributed by atoms with Gasteiger partial charge >= 0.3 is 12.0 Å². The van der Waals surface area contributed by atoms with Crippen molar-refractivity contribution in [3.63, 3.8) is 0 Å².